The Balaban J connectivity index is 4.27. The van der Waals surface area contributed by atoms with E-state index in [1.165, 1.54) is 0 Å². The second-order valence-corrected chi connectivity index (χ2v) is 3.60. The van der Waals surface area contributed by atoms with E-state index >= 15 is 0 Å². The minimum atomic E-state index is -5.31. The van der Waals surface area contributed by atoms with Crippen LogP contribution in [0.4, 0.5) is 5.69 Å². The summed E-state index contributed by atoms with van der Waals surface area (Å²) in [7, 11) is -5.31. The summed E-state index contributed by atoms with van der Waals surface area (Å²) < 4.78 is 90.1. The second kappa shape index (κ2) is 3.47. The molecule has 5 nitrogen and oxygen atoms in total. The average molecular weight is 223 g/mol. The highest BCUT2D eigenvalue weighted by atomic mass is 32.2. The molecule has 0 bridgehead atoms. The molecule has 1 rings (SSSR count). The van der Waals surface area contributed by atoms with Crippen LogP contribution in [0.1, 0.15) is 22.1 Å². The van der Waals surface area contributed by atoms with Gasteiger partial charge in [0.05, 0.1) is 7.64 Å². The van der Waals surface area contributed by atoms with E-state index < -0.39 is 57.6 Å². The molecule has 1 aromatic carbocycles. The van der Waals surface area contributed by atoms with Gasteiger partial charge in [0.15, 0.2) is 0 Å². The Labute approximate surface area is 92.7 Å². The lowest BCUT2D eigenvalue weighted by molar-refractivity contribution is 0.482. The Kier molecular flexibility index (Phi) is 1.01. The van der Waals surface area contributed by atoms with Crippen LogP contribution in [0.2, 0.25) is 0 Å². The van der Waals surface area contributed by atoms with Gasteiger partial charge in [-0.3, -0.25) is 4.55 Å². The van der Waals surface area contributed by atoms with Gasteiger partial charge in [0.2, 0.25) is 0 Å². The topological polar surface area (TPSA) is 83.8 Å². The molecule has 0 spiro atoms. The predicted octanol–water partition coefficient (Wildman–Crippen LogP) is 1.95. The molecule has 0 amide bonds. The quantitative estimate of drug-likeness (QED) is 0.613. The van der Waals surface area contributed by atoms with Crippen molar-refractivity contribution in [3.05, 3.63) is 28.1 Å². The maximum absolute atomic E-state index is 11.3. The highest BCUT2D eigenvalue weighted by Crippen LogP contribution is 2.28. The Morgan fingerprint density at radius 3 is 2.64 bits per heavy atom. The molecule has 0 atom stereocenters. The van der Waals surface area contributed by atoms with Gasteiger partial charge in [-0.1, -0.05) is 6.04 Å². The van der Waals surface area contributed by atoms with Gasteiger partial charge in [0.25, 0.3) is 10.1 Å². The molecule has 0 aliphatic heterocycles. The van der Waals surface area contributed by atoms with Gasteiger partial charge in [-0.05, 0) is 36.0 Å². The highest BCUT2D eigenvalue weighted by molar-refractivity contribution is 7.85. The van der Waals surface area contributed by atoms with Gasteiger partial charge in [-0.25, -0.2) is 0 Å². The fourth-order valence-corrected chi connectivity index (χ4v) is 1.29. The predicted molar refractivity (Wildman–Crippen MR) is 51.2 cm³/mol. The molecular formula is C8H9NO4S. The van der Waals surface area contributed by atoms with Crippen LogP contribution in [0.25, 0.3) is 0 Å². The number of hydrogen-bond donors (Lipinski definition) is 1. The van der Waals surface area contributed by atoms with Gasteiger partial charge < -0.3 is 0 Å². The highest BCUT2D eigenvalue weighted by Gasteiger charge is 2.17. The van der Waals surface area contributed by atoms with Gasteiger partial charge >= 0.3 is 0 Å². The van der Waals surface area contributed by atoms with Crippen molar-refractivity contribution in [2.75, 3.05) is 0 Å². The van der Waals surface area contributed by atoms with E-state index in [1.807, 2.05) is 0 Å². The van der Waals surface area contributed by atoms with E-state index in [0.717, 1.165) is 0 Å². The monoisotopic (exact) mass is 223 g/mol. The average Bonchev–Trinajstić information content (AvgIpc) is 2.26. The molecule has 0 aliphatic rings. The van der Waals surface area contributed by atoms with E-state index in [2.05, 4.69) is 5.18 Å². The molecule has 0 saturated carbocycles. The van der Waals surface area contributed by atoms with Crippen LogP contribution < -0.4 is 0 Å². The minimum absolute atomic E-state index is 1.16. The molecular weight excluding hydrogens is 206 g/mol. The first kappa shape index (κ1) is 4.08. The molecule has 1 aromatic rings. The number of nitroso groups, excluding NO2 is 1. The zero-order valence-electron chi connectivity index (χ0n) is 14.5. The number of hydrogen-bond acceptors (Lipinski definition) is 4. The lowest BCUT2D eigenvalue weighted by atomic mass is 10.1. The van der Waals surface area contributed by atoms with Crippen LogP contribution in [-0.2, 0) is 10.1 Å². The van der Waals surface area contributed by atoms with Crippen molar-refractivity contribution in [2.45, 2.75) is 18.6 Å². The fourth-order valence-electron chi connectivity index (χ4n) is 0.758. The van der Waals surface area contributed by atoms with Gasteiger partial charge in [0, 0.05) is 8.22 Å². The normalized spacial score (nSPS) is 21.5. The number of rotatable bonds is 2. The van der Waals surface area contributed by atoms with E-state index in [1.54, 1.807) is 0 Å². The zero-order chi connectivity index (χ0) is 17.7. The first-order valence-electron chi connectivity index (χ1n) is 7.13. The van der Waals surface area contributed by atoms with Gasteiger partial charge in [-0.15, -0.1) is 4.91 Å². The summed E-state index contributed by atoms with van der Waals surface area (Å²) in [5.41, 5.74) is -3.86. The van der Waals surface area contributed by atoms with Crippen LogP contribution in [0.3, 0.4) is 0 Å². The maximum Gasteiger partial charge on any atom is 0.294 e. The largest absolute Gasteiger partial charge is 0.294 e. The third-order valence-electron chi connectivity index (χ3n) is 1.35. The summed E-state index contributed by atoms with van der Waals surface area (Å²) in [6.45, 7) is -6.55. The first-order valence-corrected chi connectivity index (χ1v) is 4.57. The molecule has 0 unspecified atom stereocenters. The Bertz CT molecular complexity index is 736. The molecule has 0 aliphatic carbocycles. The van der Waals surface area contributed by atoms with Crippen molar-refractivity contribution < 1.29 is 23.9 Å². The molecule has 0 heterocycles. The number of nitrogens with zero attached hydrogens (tertiary/aromatic N) is 1. The standard InChI is InChI=1S/C8H9NO4S/c1-5-3-4-7(14(11,12)13)6(2)8(5)9-10/h3-4H,1-2H3,(H,11,12,13)/i1D3,2D3,3D,4D. The van der Waals surface area contributed by atoms with Crippen molar-refractivity contribution in [3.63, 3.8) is 0 Å². The molecule has 6 heteroatoms. The molecule has 0 radical (unpaired) electrons. The van der Waals surface area contributed by atoms with Crippen LogP contribution in [-0.4, -0.2) is 13.0 Å². The third kappa shape index (κ3) is 1.80. The van der Waals surface area contributed by atoms with E-state index in [0.29, 0.717) is 0 Å². The van der Waals surface area contributed by atoms with Crippen molar-refractivity contribution in [1.82, 2.24) is 0 Å². The lowest BCUT2D eigenvalue weighted by Gasteiger charge is -2.05. The summed E-state index contributed by atoms with van der Waals surface area (Å²) in [4.78, 5) is 9.39. The van der Waals surface area contributed by atoms with Crippen molar-refractivity contribution in [1.29, 1.82) is 0 Å². The summed E-state index contributed by atoms with van der Waals surface area (Å²) >= 11 is 0. The van der Waals surface area contributed by atoms with Crippen molar-refractivity contribution >= 4 is 15.8 Å². The molecule has 14 heavy (non-hydrogen) atoms. The lowest BCUT2D eigenvalue weighted by Crippen LogP contribution is -2.01. The second-order valence-electron chi connectivity index (χ2n) is 2.24. The maximum atomic E-state index is 11.3. The molecule has 0 saturated heterocycles. The van der Waals surface area contributed by atoms with Gasteiger partial charge in [-0.2, -0.15) is 8.42 Å². The van der Waals surface area contributed by atoms with Crippen LogP contribution in [0, 0.1) is 18.6 Å². The molecule has 1 N–H and O–H groups in total. The Hall–Kier alpha value is -1.27. The fraction of sp³-hybridized carbons (Fsp3) is 0.250. The summed E-state index contributed by atoms with van der Waals surface area (Å²) in [6, 6.07) is -2.57. The third-order valence-corrected chi connectivity index (χ3v) is 2.17. The van der Waals surface area contributed by atoms with E-state index in [9.17, 15) is 13.3 Å². The number of benzene rings is 1. The SMILES string of the molecule is [2H]c1c([2H])c(S(=O)(=O)O)c(C([2H])([2H])[2H])c(N=O)c1C([2H])([2H])[2H]. The molecule has 0 aromatic heterocycles. The summed E-state index contributed by atoms with van der Waals surface area (Å²) in [5, 5.41) is 2.23. The smallest absolute Gasteiger partial charge is 0.282 e. The Morgan fingerprint density at radius 1 is 1.50 bits per heavy atom. The van der Waals surface area contributed by atoms with Crippen molar-refractivity contribution in [2.24, 2.45) is 5.18 Å². The van der Waals surface area contributed by atoms with Gasteiger partial charge in [0.1, 0.15) is 5.69 Å². The molecule has 0 fully saturated rings. The molecule has 76 valence electrons. The first-order chi connectivity index (χ1) is 9.64. The van der Waals surface area contributed by atoms with Crippen LogP contribution >= 0.6 is 0 Å². The van der Waals surface area contributed by atoms with Crippen molar-refractivity contribution in [3.8, 4) is 0 Å². The van der Waals surface area contributed by atoms with E-state index in [4.69, 9.17) is 15.5 Å². The Morgan fingerprint density at radius 2 is 2.21 bits per heavy atom. The summed E-state index contributed by atoms with van der Waals surface area (Å²) in [5.74, 6) is 0. The van der Waals surface area contributed by atoms with Crippen LogP contribution in [0.15, 0.2) is 22.2 Å². The zero-order valence-corrected chi connectivity index (χ0v) is 7.34. The van der Waals surface area contributed by atoms with E-state index in [-0.39, 0.29) is 0 Å². The van der Waals surface area contributed by atoms with Crippen LogP contribution in [0.5, 0.6) is 0 Å². The summed E-state index contributed by atoms with van der Waals surface area (Å²) in [6.07, 6.45) is 0. The minimum Gasteiger partial charge on any atom is -0.282 e.